The van der Waals surface area contributed by atoms with Crippen molar-refractivity contribution in [3.05, 3.63) is 51.0 Å². The minimum Gasteiger partial charge on any atom is -0.477 e. The van der Waals surface area contributed by atoms with Gasteiger partial charge in [0.1, 0.15) is 23.5 Å². The first kappa shape index (κ1) is 37.3. The molecule has 50 heavy (non-hydrogen) atoms. The van der Waals surface area contributed by atoms with Crippen molar-refractivity contribution in [1.82, 2.24) is 20.1 Å². The topological polar surface area (TPSA) is 167 Å². The number of hydrogen-bond donors (Lipinski definition) is 4. The van der Waals surface area contributed by atoms with Gasteiger partial charge in [0, 0.05) is 37.8 Å². The quantitative estimate of drug-likeness (QED) is 0.270. The number of rotatable bonds is 10. The lowest BCUT2D eigenvalue weighted by atomic mass is 9.82. The van der Waals surface area contributed by atoms with Crippen LogP contribution < -0.4 is 26.7 Å². The Labute approximate surface area is 296 Å². The van der Waals surface area contributed by atoms with Gasteiger partial charge in [-0.3, -0.25) is 19.2 Å². The number of nitrogens with one attached hydrogen (secondary N) is 2. The van der Waals surface area contributed by atoms with E-state index in [-0.39, 0.29) is 65.0 Å². The zero-order valence-corrected chi connectivity index (χ0v) is 28.7. The molecular weight excluding hydrogens is 667 g/mol. The Bertz CT molecular complexity index is 1770. The minimum absolute atomic E-state index is 0. The zero-order valence-electron chi connectivity index (χ0n) is 28.0. The lowest BCUT2D eigenvalue weighted by molar-refractivity contribution is -0.140. The van der Waals surface area contributed by atoms with Crippen molar-refractivity contribution >= 4 is 51.9 Å². The van der Waals surface area contributed by atoms with Gasteiger partial charge in [0.2, 0.25) is 23.2 Å². The van der Waals surface area contributed by atoms with Gasteiger partial charge in [-0.05, 0) is 63.4 Å². The van der Waals surface area contributed by atoms with Gasteiger partial charge >= 0.3 is 5.97 Å². The number of fused-ring (bicyclic) bond motifs is 2. The molecule has 12 nitrogen and oxygen atoms in total. The Morgan fingerprint density at radius 2 is 1.86 bits per heavy atom. The third-order valence-corrected chi connectivity index (χ3v) is 10.6. The number of likely N-dealkylation sites (tertiary alicyclic amines) is 1. The molecule has 1 aromatic carbocycles. The summed E-state index contributed by atoms with van der Waals surface area (Å²) in [7, 11) is 0. The molecule has 3 amide bonds. The van der Waals surface area contributed by atoms with Crippen LogP contribution in [-0.2, 0) is 14.4 Å². The minimum atomic E-state index is -1.38. The summed E-state index contributed by atoms with van der Waals surface area (Å²) >= 11 is 6.92. The molecule has 6 rings (SSSR count). The number of anilines is 1. The fraction of sp³-hybridized carbons (Fsp3) is 0.583. The standard InChI is InChI=1S/C35H44ClFN6O6.CH4/c1-17(2)12-26(40-33(46)27-8-5-11-42(27)34(47)18(3)38)32(45)39-25-7-4-6-19-14-41(15-22(19)25)30-24(37)13-21-29(28(30)36)43(20-9-10-20)16-23(31(21)44)35(48)49;/h4,7,13,16-20,22,25-27H,5-6,8-12,14-15,38H2,1-3H3,(H,39,45)(H,40,46)(H,48,49);1H4/t18-,19?,22?,25?,26-,27-;/m0./s1. The highest BCUT2D eigenvalue weighted by Crippen LogP contribution is 2.44. The Balaban J connectivity index is 0.00000486. The number of pyridine rings is 1. The summed E-state index contributed by atoms with van der Waals surface area (Å²) in [6.45, 7) is 6.79. The summed E-state index contributed by atoms with van der Waals surface area (Å²) in [5.41, 5.74) is 5.08. The second kappa shape index (κ2) is 14.7. The van der Waals surface area contributed by atoms with Crippen LogP contribution in [0.3, 0.4) is 0 Å². The molecule has 0 bridgehead atoms. The Morgan fingerprint density at radius 3 is 2.50 bits per heavy atom. The van der Waals surface area contributed by atoms with Crippen LogP contribution in [0.1, 0.15) is 83.1 Å². The number of halogens is 2. The van der Waals surface area contributed by atoms with Crippen molar-refractivity contribution in [3.63, 3.8) is 0 Å². The van der Waals surface area contributed by atoms with Gasteiger partial charge in [0.15, 0.2) is 0 Å². The number of aromatic nitrogens is 1. The van der Waals surface area contributed by atoms with Crippen LogP contribution in [0.5, 0.6) is 0 Å². The van der Waals surface area contributed by atoms with Crippen molar-refractivity contribution in [3.8, 4) is 0 Å². The monoisotopic (exact) mass is 714 g/mol. The predicted molar refractivity (Wildman–Crippen MR) is 190 cm³/mol. The highest BCUT2D eigenvalue weighted by atomic mass is 35.5. The molecule has 14 heteroatoms. The van der Waals surface area contributed by atoms with Gasteiger partial charge in [-0.1, -0.05) is 45.0 Å². The molecule has 2 aliphatic heterocycles. The molecule has 4 aliphatic rings. The van der Waals surface area contributed by atoms with Crippen molar-refractivity contribution < 1.29 is 28.7 Å². The van der Waals surface area contributed by atoms with Crippen LogP contribution in [0.25, 0.3) is 10.9 Å². The number of carboxylic acids is 1. The maximum atomic E-state index is 15.9. The number of carbonyl (C=O) groups is 4. The molecule has 0 radical (unpaired) electrons. The van der Waals surface area contributed by atoms with Crippen LogP contribution in [0, 0.1) is 23.6 Å². The van der Waals surface area contributed by atoms with E-state index in [1.54, 1.807) is 11.5 Å². The van der Waals surface area contributed by atoms with Crippen LogP contribution in [0.2, 0.25) is 5.02 Å². The summed E-state index contributed by atoms with van der Waals surface area (Å²) in [6.07, 6.45) is 9.12. The Hall–Kier alpha value is -3.97. The number of nitrogens with zero attached hydrogens (tertiary/aromatic N) is 3. The summed E-state index contributed by atoms with van der Waals surface area (Å²) in [6, 6.07) is -1.56. The van der Waals surface area contributed by atoms with E-state index in [1.165, 1.54) is 11.1 Å². The Morgan fingerprint density at radius 1 is 1.14 bits per heavy atom. The van der Waals surface area contributed by atoms with Gasteiger partial charge in [-0.2, -0.15) is 0 Å². The van der Waals surface area contributed by atoms with E-state index in [1.807, 2.05) is 30.9 Å². The number of nitrogens with two attached hydrogens (primary N) is 1. The Kier molecular flexibility index (Phi) is 11.0. The van der Waals surface area contributed by atoms with E-state index in [2.05, 4.69) is 10.6 Å². The molecule has 272 valence electrons. The van der Waals surface area contributed by atoms with E-state index in [9.17, 15) is 29.1 Å². The number of aromatic carboxylic acids is 1. The molecule has 1 saturated carbocycles. The molecule has 1 aromatic heterocycles. The molecule has 6 atom stereocenters. The van der Waals surface area contributed by atoms with Crippen LogP contribution >= 0.6 is 11.6 Å². The summed E-state index contributed by atoms with van der Waals surface area (Å²) in [5.74, 6) is -3.03. The van der Waals surface area contributed by atoms with Crippen molar-refractivity contribution in [1.29, 1.82) is 0 Å². The first-order valence-corrected chi connectivity index (χ1v) is 17.5. The van der Waals surface area contributed by atoms with E-state index in [0.717, 1.165) is 18.9 Å². The number of carboxylic acid groups (broad SMARTS) is 1. The maximum absolute atomic E-state index is 15.9. The van der Waals surface area contributed by atoms with E-state index in [4.69, 9.17) is 17.3 Å². The van der Waals surface area contributed by atoms with Crippen molar-refractivity contribution in [2.45, 2.75) is 96.9 Å². The maximum Gasteiger partial charge on any atom is 0.341 e. The summed E-state index contributed by atoms with van der Waals surface area (Å²) < 4.78 is 17.6. The molecule has 2 aromatic rings. The van der Waals surface area contributed by atoms with Gasteiger partial charge in [-0.25, -0.2) is 9.18 Å². The van der Waals surface area contributed by atoms with Gasteiger partial charge in [0.25, 0.3) is 0 Å². The zero-order chi connectivity index (χ0) is 35.3. The fourth-order valence-electron chi connectivity index (χ4n) is 7.75. The second-order valence-electron chi connectivity index (χ2n) is 14.4. The first-order valence-electron chi connectivity index (χ1n) is 17.1. The molecule has 2 aliphatic carbocycles. The molecule has 3 unspecified atom stereocenters. The third-order valence-electron chi connectivity index (χ3n) is 10.3. The number of hydrogen-bond acceptors (Lipinski definition) is 7. The van der Waals surface area contributed by atoms with Crippen molar-refractivity contribution in [2.24, 2.45) is 23.5 Å². The number of benzene rings is 1. The summed E-state index contributed by atoms with van der Waals surface area (Å²) in [5, 5.41) is 15.7. The molecule has 2 saturated heterocycles. The van der Waals surface area contributed by atoms with Crippen LogP contribution in [0.4, 0.5) is 10.1 Å². The largest absolute Gasteiger partial charge is 0.477 e. The highest BCUT2D eigenvalue weighted by molar-refractivity contribution is 6.38. The molecule has 3 fully saturated rings. The molecule has 0 spiro atoms. The van der Waals surface area contributed by atoms with Gasteiger partial charge in [-0.15, -0.1) is 0 Å². The average molecular weight is 715 g/mol. The number of carbonyl (C=O) groups excluding carboxylic acids is 3. The normalized spacial score (nSPS) is 24.1. The van der Waals surface area contributed by atoms with Crippen molar-refractivity contribution in [2.75, 3.05) is 24.5 Å². The van der Waals surface area contributed by atoms with E-state index < -0.39 is 46.9 Å². The van der Waals surface area contributed by atoms with E-state index in [0.29, 0.717) is 50.8 Å². The SMILES string of the molecule is C.CC(C)C[C@H](NC(=O)[C@@H]1CCCN1C(=O)[C@H](C)N)C(=O)NC1C=CCC2CN(c3c(F)cc4c(=O)c(C(=O)O)cn(C5CC5)c4c3Cl)CC21. The first-order chi connectivity index (χ1) is 23.3. The lowest BCUT2D eigenvalue weighted by Gasteiger charge is -2.32. The average Bonchev–Trinajstić information content (AvgIpc) is 3.59. The van der Waals surface area contributed by atoms with Gasteiger partial charge in [0.05, 0.1) is 33.7 Å². The van der Waals surface area contributed by atoms with E-state index >= 15 is 4.39 Å². The molecule has 3 heterocycles. The molecular formula is C36H48ClFN6O6. The smallest absolute Gasteiger partial charge is 0.341 e. The number of amides is 3. The fourth-order valence-corrected chi connectivity index (χ4v) is 8.16. The second-order valence-corrected chi connectivity index (χ2v) is 14.8. The van der Waals surface area contributed by atoms with Gasteiger partial charge < -0.3 is 35.8 Å². The predicted octanol–water partition coefficient (Wildman–Crippen LogP) is 3.83. The summed E-state index contributed by atoms with van der Waals surface area (Å²) in [4.78, 5) is 68.0. The van der Waals surface area contributed by atoms with Crippen LogP contribution in [0.15, 0.2) is 29.2 Å². The third kappa shape index (κ3) is 7.12. The van der Waals surface area contributed by atoms with Crippen LogP contribution in [-0.4, -0.2) is 82.1 Å². The highest BCUT2D eigenvalue weighted by Gasteiger charge is 2.42. The number of allylic oxidation sites excluding steroid dienone is 1. The lowest BCUT2D eigenvalue weighted by Crippen LogP contribution is -2.56. The molecule has 5 N–H and O–H groups in total.